The first-order valence-corrected chi connectivity index (χ1v) is 41.7. The van der Waals surface area contributed by atoms with Crippen molar-refractivity contribution in [3.05, 3.63) is 272 Å². The number of nitrogens with two attached hydrogens (primary N) is 3. The average molecular weight is 1820 g/mol. The van der Waals surface area contributed by atoms with Crippen LogP contribution >= 0.6 is 43.5 Å². The van der Waals surface area contributed by atoms with Gasteiger partial charge in [0.2, 0.25) is 17.8 Å². The van der Waals surface area contributed by atoms with Crippen molar-refractivity contribution < 1.29 is 22.5 Å². The first-order chi connectivity index (χ1) is 58.8. The number of nitrogens with zero attached hydrogens (tertiary/aromatic N) is 24. The Hall–Kier alpha value is -12.2. The predicted molar refractivity (Wildman–Crippen MR) is 480 cm³/mol. The van der Waals surface area contributed by atoms with Crippen molar-refractivity contribution in [3.63, 3.8) is 0 Å². The Morgan fingerprint density at radius 1 is 0.411 bits per heavy atom. The first-order valence-electron chi connectivity index (χ1n) is 39.7. The van der Waals surface area contributed by atoms with E-state index in [2.05, 4.69) is 130 Å². The normalized spacial score (nSPS) is 16.3. The Balaban J connectivity index is 0.000000141. The highest BCUT2D eigenvalue weighted by atomic mass is 79.9. The first kappa shape index (κ1) is 89.5. The zero-order valence-electron chi connectivity index (χ0n) is 69.2. The SMILES string of the molecule is C.C[C@](N)(c1ccc(F)cc1)c1cnc(N2CCCCC2)nc1.C[C@](N)(c1ccc(F)cc1)c1cnc(N2CCN(c3c(C#N)cnn4cc(Br)cc34)CC2)nc1.Cn1cc(-c2cc3c(N4CCN(c5ncc([C@@](C)(N)c6ccc(F)cc6)cn5)CC4)c(C#N)cnn3c2)cn1.Cn1cc(B2OC(C)(C)C(C)(C)O2)cn1.N#Cc1cnn2cc(Br)cc2c1Cl. The molecule has 14 aromatic rings. The third-order valence-electron chi connectivity index (χ3n) is 22.8. The van der Waals surface area contributed by atoms with Crippen LogP contribution in [0.15, 0.2) is 199 Å². The number of rotatable bonds is 13. The lowest BCUT2D eigenvalue weighted by Crippen LogP contribution is -2.47. The largest absolute Gasteiger partial charge is 0.498 e. The molecule has 4 saturated heterocycles. The van der Waals surface area contributed by atoms with Crippen molar-refractivity contribution >= 4 is 102 Å². The van der Waals surface area contributed by atoms with Crippen LogP contribution < -0.4 is 47.2 Å². The molecule has 4 aliphatic heterocycles. The highest BCUT2D eigenvalue weighted by Gasteiger charge is 2.52. The van der Waals surface area contributed by atoms with Crippen LogP contribution in [0.3, 0.4) is 0 Å². The number of aryl methyl sites for hydroxylation is 2. The maximum atomic E-state index is 13.4. The van der Waals surface area contributed by atoms with Crippen LogP contribution in [0.2, 0.25) is 5.02 Å². The van der Waals surface area contributed by atoms with E-state index in [4.69, 9.17) is 43.4 Å². The summed E-state index contributed by atoms with van der Waals surface area (Å²) in [5.41, 5.74) is 29.9. The molecule has 4 aliphatic rings. The number of aromatic nitrogens is 16. The van der Waals surface area contributed by atoms with Gasteiger partial charge in [-0.15, -0.1) is 0 Å². The third-order valence-corrected chi connectivity index (χ3v) is 24.1. The van der Waals surface area contributed by atoms with Crippen molar-refractivity contribution in [1.82, 2.24) is 78.3 Å². The summed E-state index contributed by atoms with van der Waals surface area (Å²) in [6, 6.07) is 31.0. The van der Waals surface area contributed by atoms with Crippen molar-refractivity contribution in [3.8, 4) is 29.3 Å². The molecule has 36 heteroatoms. The van der Waals surface area contributed by atoms with Gasteiger partial charge in [-0.3, -0.25) is 9.36 Å². The van der Waals surface area contributed by atoms with E-state index in [1.54, 1.807) is 117 Å². The van der Waals surface area contributed by atoms with Crippen molar-refractivity contribution in [1.29, 1.82) is 15.8 Å². The lowest BCUT2D eigenvalue weighted by atomic mass is 9.82. The monoisotopic (exact) mass is 1820 g/mol. The minimum absolute atomic E-state index is 0. The number of hydrogen-bond acceptors (Lipinski definition) is 24. The summed E-state index contributed by atoms with van der Waals surface area (Å²) in [7, 11) is 3.46. The van der Waals surface area contributed by atoms with Gasteiger partial charge in [-0.25, -0.2) is 56.6 Å². The standard InChI is InChI=1S/C28H27FN10.C24H22BrFN8.C17H21FN4.C10H17BN2O2.C8H3BrClN3.CH4/c1-28(31,22-3-5-24(29)6-4-22)23-15-32-27(33-16-23)38-9-7-37(8-10-38)26-20(12-30)13-35-39-18-19(11-25(26)39)21-14-34-36(2)17-21;1-24(28,17-2-4-20(26)5-3-17)18-13-29-23(30-14-18)33-8-6-32(7-9-33)22-16(11-27)12-31-34-15-19(25)10-21(22)34;1-17(19,13-5-7-15(18)8-6-13)14-11-20-16(21-12-14)22-9-3-2-4-10-22;1-9(2)10(3,4)15-11(14-9)8-6-12-13(5)7-8;9-6-1-7-8(10)5(2-11)3-12-13(7)4-6;/h3-6,11,13-18H,7-10,31H2,1-2H3;2-5,10,12-15H,6-9,28H2,1H3;5-8,11-12H,2-4,9-10,19H2,1H3;6-7H,1-5H3;1,3-4H;1H4/t28-;24-;17-;;;/m000.../s1. The van der Waals surface area contributed by atoms with Crippen LogP contribution in [-0.2, 0) is 40.0 Å². The summed E-state index contributed by atoms with van der Waals surface area (Å²) < 4.78 is 62.0. The molecule has 0 spiro atoms. The molecule has 0 unspecified atom stereocenters. The fraction of sp³-hybridized carbons (Fsp3) is 0.318. The number of piperidine rings is 1. The highest BCUT2D eigenvalue weighted by Crippen LogP contribution is 2.39. The second-order valence-electron chi connectivity index (χ2n) is 31.9. The second-order valence-corrected chi connectivity index (χ2v) is 34.1. The van der Waals surface area contributed by atoms with E-state index in [-0.39, 0.29) is 43.2 Å². The molecule has 4 fully saturated rings. The van der Waals surface area contributed by atoms with E-state index in [1.165, 1.54) is 61.9 Å². The van der Waals surface area contributed by atoms with Crippen molar-refractivity contribution in [2.75, 3.05) is 89.9 Å². The fourth-order valence-electron chi connectivity index (χ4n) is 14.7. The molecular weight excluding hydrogens is 1730 g/mol. The Kier molecular flexibility index (Phi) is 27.0. The molecule has 18 rings (SSSR count). The fourth-order valence-corrected chi connectivity index (χ4v) is 15.8. The van der Waals surface area contributed by atoms with Crippen molar-refractivity contribution in [2.45, 2.75) is 103 Å². The Bertz CT molecular complexity index is 6170. The van der Waals surface area contributed by atoms with Gasteiger partial charge in [0.1, 0.15) is 35.7 Å². The minimum atomic E-state index is -0.850. The van der Waals surface area contributed by atoms with E-state index >= 15 is 0 Å². The van der Waals surface area contributed by atoms with Crippen LogP contribution in [0.5, 0.6) is 0 Å². The zero-order valence-corrected chi connectivity index (χ0v) is 73.1. The molecule has 0 radical (unpaired) electrons. The minimum Gasteiger partial charge on any atom is -0.399 e. The number of anilines is 5. The number of nitriles is 3. The summed E-state index contributed by atoms with van der Waals surface area (Å²) in [5.74, 6) is 1.14. The van der Waals surface area contributed by atoms with Gasteiger partial charge in [0.25, 0.3) is 0 Å². The van der Waals surface area contributed by atoms with Crippen LogP contribution in [0.1, 0.15) is 125 Å². The molecule has 124 heavy (non-hydrogen) atoms. The summed E-state index contributed by atoms with van der Waals surface area (Å²) >= 11 is 12.7. The van der Waals surface area contributed by atoms with Gasteiger partial charge in [-0.1, -0.05) is 55.4 Å². The predicted octanol–water partition coefficient (Wildman–Crippen LogP) is 13.3. The van der Waals surface area contributed by atoms with Crippen LogP contribution in [0.4, 0.5) is 42.4 Å². The van der Waals surface area contributed by atoms with E-state index in [1.807, 2.05) is 116 Å². The van der Waals surface area contributed by atoms with E-state index in [0.29, 0.717) is 86.0 Å². The van der Waals surface area contributed by atoms with E-state index in [0.717, 1.165) is 106 Å². The molecule has 0 aliphatic carbocycles. The topological polar surface area (TPSA) is 349 Å². The van der Waals surface area contributed by atoms with Crippen LogP contribution in [0.25, 0.3) is 27.7 Å². The maximum Gasteiger partial charge on any atom is 0.498 e. The summed E-state index contributed by atoms with van der Waals surface area (Å²) in [6.07, 6.45) is 31.9. The van der Waals surface area contributed by atoms with Gasteiger partial charge < -0.3 is 51.0 Å². The molecule has 15 heterocycles. The number of halogens is 6. The van der Waals surface area contributed by atoms with Crippen LogP contribution in [-0.4, -0.2) is 162 Å². The molecule has 3 aromatic carbocycles. The summed E-state index contributed by atoms with van der Waals surface area (Å²) in [6.45, 7) is 21.4. The Morgan fingerprint density at radius 3 is 1.12 bits per heavy atom. The molecule has 638 valence electrons. The van der Waals surface area contributed by atoms with Crippen molar-refractivity contribution in [2.24, 2.45) is 31.3 Å². The summed E-state index contributed by atoms with van der Waals surface area (Å²) in [4.78, 5) is 38.1. The van der Waals surface area contributed by atoms with Gasteiger partial charge in [0.15, 0.2) is 0 Å². The molecule has 3 atom stereocenters. The quantitative estimate of drug-likeness (QED) is 0.0903. The molecule has 11 aromatic heterocycles. The Labute approximate surface area is 738 Å². The molecule has 0 saturated carbocycles. The lowest BCUT2D eigenvalue weighted by molar-refractivity contribution is 0.00578. The maximum absolute atomic E-state index is 13.4. The lowest BCUT2D eigenvalue weighted by Gasteiger charge is -2.36. The van der Waals surface area contributed by atoms with E-state index in [9.17, 15) is 23.7 Å². The Morgan fingerprint density at radius 2 is 0.750 bits per heavy atom. The zero-order chi connectivity index (χ0) is 87.3. The number of benzene rings is 3. The number of hydrogen-bond donors (Lipinski definition) is 3. The summed E-state index contributed by atoms with van der Waals surface area (Å²) in [5, 5.41) is 49.8. The van der Waals surface area contributed by atoms with Gasteiger partial charge in [-0.05, 0) is 171 Å². The molecule has 0 bridgehead atoms. The van der Waals surface area contributed by atoms with Gasteiger partial charge in [-0.2, -0.15) is 41.3 Å². The van der Waals surface area contributed by atoms with Gasteiger partial charge >= 0.3 is 7.12 Å². The molecular formula is C88H94BBr2ClF3N27O2. The van der Waals surface area contributed by atoms with Gasteiger partial charge in [0.05, 0.1) is 102 Å². The molecule has 0 amide bonds. The van der Waals surface area contributed by atoms with Crippen LogP contribution in [0, 0.1) is 51.4 Å². The smallest absolute Gasteiger partial charge is 0.399 e. The highest BCUT2D eigenvalue weighted by molar-refractivity contribution is 9.10. The number of piperazine rings is 2. The average Bonchev–Trinajstić information content (AvgIpc) is 1.61. The number of fused-ring (bicyclic) bond motifs is 3. The molecule has 29 nitrogen and oxygen atoms in total. The third kappa shape index (κ3) is 19.5. The van der Waals surface area contributed by atoms with Gasteiger partial charge in [0, 0.05) is 196 Å². The van der Waals surface area contributed by atoms with E-state index < -0.39 is 16.6 Å². The second kappa shape index (κ2) is 37.5. The molecule has 6 N–H and O–H groups in total.